The van der Waals surface area contributed by atoms with Crippen LogP contribution in [-0.2, 0) is 0 Å². The Morgan fingerprint density at radius 2 is 1.65 bits per heavy atom. The highest BCUT2D eigenvalue weighted by Gasteiger charge is 2.47. The molecule has 17 heavy (non-hydrogen) atoms. The highest BCUT2D eigenvalue weighted by Crippen LogP contribution is 2.44. The van der Waals surface area contributed by atoms with Crippen molar-refractivity contribution in [3.63, 3.8) is 0 Å². The average molecular weight is 241 g/mol. The van der Waals surface area contributed by atoms with Crippen molar-refractivity contribution in [3.8, 4) is 0 Å². The van der Waals surface area contributed by atoms with Crippen LogP contribution in [0.4, 0.5) is 0 Å². The van der Waals surface area contributed by atoms with Gasteiger partial charge in [-0.15, -0.1) is 0 Å². The summed E-state index contributed by atoms with van der Waals surface area (Å²) < 4.78 is 0. The van der Waals surface area contributed by atoms with Crippen LogP contribution >= 0.6 is 0 Å². The fraction of sp³-hybridized carbons (Fsp3) is 1.00. The molecule has 0 aromatic carbocycles. The zero-order valence-electron chi connectivity index (χ0n) is 12.3. The van der Waals surface area contributed by atoms with Gasteiger partial charge in [-0.3, -0.25) is 4.90 Å². The Kier molecular flexibility index (Phi) is 5.46. The Hall–Kier alpha value is -0.0800. The van der Waals surface area contributed by atoms with Crippen LogP contribution in [0.25, 0.3) is 0 Å². The van der Waals surface area contributed by atoms with Gasteiger partial charge < -0.3 is 5.11 Å². The van der Waals surface area contributed by atoms with E-state index in [0.29, 0.717) is 12.0 Å². The minimum absolute atomic E-state index is 0.222. The lowest BCUT2D eigenvalue weighted by atomic mass is 9.70. The van der Waals surface area contributed by atoms with Gasteiger partial charge in [0.15, 0.2) is 0 Å². The summed E-state index contributed by atoms with van der Waals surface area (Å²) in [7, 11) is 0. The molecule has 102 valence electrons. The molecule has 2 heteroatoms. The summed E-state index contributed by atoms with van der Waals surface area (Å²) in [6.07, 6.45) is 7.40. The Bertz CT molecular complexity index is 215. The smallest absolute Gasteiger partial charge is 0.0448 e. The third-order valence-electron chi connectivity index (χ3n) is 4.79. The molecule has 0 saturated carbocycles. The Morgan fingerprint density at radius 3 is 2.00 bits per heavy atom. The van der Waals surface area contributed by atoms with Gasteiger partial charge in [-0.2, -0.15) is 0 Å². The summed E-state index contributed by atoms with van der Waals surface area (Å²) in [5.74, 6) is 0. The van der Waals surface area contributed by atoms with E-state index in [9.17, 15) is 5.11 Å². The van der Waals surface area contributed by atoms with Crippen molar-refractivity contribution in [2.75, 3.05) is 19.7 Å². The van der Waals surface area contributed by atoms with Crippen molar-refractivity contribution in [2.24, 2.45) is 5.41 Å². The minimum Gasteiger partial charge on any atom is -0.396 e. The highest BCUT2D eigenvalue weighted by molar-refractivity contribution is 5.01. The van der Waals surface area contributed by atoms with Crippen molar-refractivity contribution in [1.29, 1.82) is 0 Å². The van der Waals surface area contributed by atoms with Crippen LogP contribution < -0.4 is 0 Å². The molecule has 1 unspecified atom stereocenters. The molecule has 1 rings (SSSR count). The zero-order chi connectivity index (χ0) is 12.9. The lowest BCUT2D eigenvalue weighted by molar-refractivity contribution is -0.0902. The molecular weight excluding hydrogens is 210 g/mol. The van der Waals surface area contributed by atoms with Gasteiger partial charge in [0.25, 0.3) is 0 Å². The molecule has 1 fully saturated rings. The zero-order valence-corrected chi connectivity index (χ0v) is 12.3. The van der Waals surface area contributed by atoms with Gasteiger partial charge in [0.2, 0.25) is 0 Å². The Balaban J connectivity index is 2.56. The van der Waals surface area contributed by atoms with E-state index < -0.39 is 0 Å². The number of rotatable bonds is 8. The second-order valence-corrected chi connectivity index (χ2v) is 6.18. The number of aliphatic hydroxyl groups is 1. The number of nitrogens with zero attached hydrogens (tertiary/aromatic N) is 1. The molecule has 1 aliphatic rings. The minimum atomic E-state index is 0.222. The van der Waals surface area contributed by atoms with Crippen molar-refractivity contribution < 1.29 is 5.11 Å². The fourth-order valence-corrected chi connectivity index (χ4v) is 3.45. The van der Waals surface area contributed by atoms with E-state index in [-0.39, 0.29) is 5.54 Å². The van der Waals surface area contributed by atoms with Gasteiger partial charge in [-0.25, -0.2) is 0 Å². The Labute approximate surface area is 107 Å². The predicted octanol–water partition coefficient (Wildman–Crippen LogP) is 3.44. The third kappa shape index (κ3) is 3.23. The summed E-state index contributed by atoms with van der Waals surface area (Å²) in [4.78, 5) is 2.61. The fourth-order valence-electron chi connectivity index (χ4n) is 3.45. The first-order valence-corrected chi connectivity index (χ1v) is 7.41. The number of likely N-dealkylation sites (tertiary alicyclic amines) is 1. The first-order valence-electron chi connectivity index (χ1n) is 7.41. The summed E-state index contributed by atoms with van der Waals surface area (Å²) in [6.45, 7) is 12.0. The molecule has 1 atom stereocenters. The molecule has 0 aromatic heterocycles. The summed E-state index contributed by atoms with van der Waals surface area (Å²) in [5, 5.41) is 9.21. The largest absolute Gasteiger partial charge is 0.396 e. The molecule has 0 bridgehead atoms. The lowest BCUT2D eigenvalue weighted by Gasteiger charge is -2.58. The molecular formula is C15H31NO. The van der Waals surface area contributed by atoms with Gasteiger partial charge in [-0.05, 0) is 38.0 Å². The summed E-state index contributed by atoms with van der Waals surface area (Å²) in [6, 6.07) is 0. The van der Waals surface area contributed by atoms with Gasteiger partial charge in [-0.1, -0.05) is 33.6 Å². The van der Waals surface area contributed by atoms with E-state index in [1.807, 2.05) is 0 Å². The maximum absolute atomic E-state index is 9.21. The number of hydrogen-bond donors (Lipinski definition) is 1. The van der Waals surface area contributed by atoms with Crippen LogP contribution in [-0.4, -0.2) is 35.2 Å². The van der Waals surface area contributed by atoms with Crippen LogP contribution in [0.1, 0.15) is 66.2 Å². The molecule has 0 aromatic rings. The van der Waals surface area contributed by atoms with Crippen molar-refractivity contribution in [2.45, 2.75) is 71.8 Å². The van der Waals surface area contributed by atoms with E-state index in [1.54, 1.807) is 0 Å². The maximum Gasteiger partial charge on any atom is 0.0448 e. The topological polar surface area (TPSA) is 23.5 Å². The monoisotopic (exact) mass is 241 g/mol. The third-order valence-corrected chi connectivity index (χ3v) is 4.79. The molecule has 0 radical (unpaired) electrons. The van der Waals surface area contributed by atoms with Crippen LogP contribution in [0.15, 0.2) is 0 Å². The molecule has 1 aliphatic heterocycles. The molecule has 1 heterocycles. The van der Waals surface area contributed by atoms with Gasteiger partial charge in [0.05, 0.1) is 0 Å². The van der Waals surface area contributed by atoms with Crippen LogP contribution in [0, 0.1) is 5.41 Å². The second-order valence-electron chi connectivity index (χ2n) is 6.18. The van der Waals surface area contributed by atoms with Gasteiger partial charge >= 0.3 is 0 Å². The molecule has 0 amide bonds. The van der Waals surface area contributed by atoms with Crippen LogP contribution in [0.3, 0.4) is 0 Å². The van der Waals surface area contributed by atoms with E-state index in [0.717, 1.165) is 12.8 Å². The molecule has 2 nitrogen and oxygen atoms in total. The molecule has 1 saturated heterocycles. The molecule has 0 spiro atoms. The van der Waals surface area contributed by atoms with Crippen molar-refractivity contribution in [3.05, 3.63) is 0 Å². The van der Waals surface area contributed by atoms with E-state index in [1.165, 1.54) is 38.8 Å². The van der Waals surface area contributed by atoms with Gasteiger partial charge in [0, 0.05) is 25.2 Å². The van der Waals surface area contributed by atoms with Crippen LogP contribution in [0.2, 0.25) is 0 Å². The quantitative estimate of drug-likeness (QED) is 0.703. The van der Waals surface area contributed by atoms with Crippen molar-refractivity contribution >= 4 is 0 Å². The standard InChI is InChI=1S/C15H31NO/c1-5-8-15(9-6-2)12-16(13-15)14(4,7-3)10-11-17/h17H,5-13H2,1-4H3. The number of aliphatic hydroxyl groups excluding tert-OH is 1. The van der Waals surface area contributed by atoms with Gasteiger partial charge in [0.1, 0.15) is 0 Å². The molecule has 1 N–H and O–H groups in total. The highest BCUT2D eigenvalue weighted by atomic mass is 16.3. The van der Waals surface area contributed by atoms with Crippen LogP contribution in [0.5, 0.6) is 0 Å². The van der Waals surface area contributed by atoms with E-state index >= 15 is 0 Å². The Morgan fingerprint density at radius 1 is 1.12 bits per heavy atom. The normalized spacial score (nSPS) is 23.1. The summed E-state index contributed by atoms with van der Waals surface area (Å²) >= 11 is 0. The predicted molar refractivity (Wildman–Crippen MR) is 74.2 cm³/mol. The molecule has 0 aliphatic carbocycles. The maximum atomic E-state index is 9.21. The SMILES string of the molecule is CCCC1(CCC)CN(C(C)(CC)CCO)C1. The number of hydrogen-bond acceptors (Lipinski definition) is 2. The van der Waals surface area contributed by atoms with E-state index in [4.69, 9.17) is 0 Å². The van der Waals surface area contributed by atoms with E-state index in [2.05, 4.69) is 32.6 Å². The lowest BCUT2D eigenvalue weighted by Crippen LogP contribution is -2.64. The first-order chi connectivity index (χ1) is 8.05. The van der Waals surface area contributed by atoms with Crippen molar-refractivity contribution in [1.82, 2.24) is 4.90 Å². The average Bonchev–Trinajstić information content (AvgIpc) is 2.25. The first kappa shape index (κ1) is 15.0. The summed E-state index contributed by atoms with van der Waals surface area (Å²) in [5.41, 5.74) is 0.815. The second kappa shape index (κ2) is 6.19.